The van der Waals surface area contributed by atoms with Crippen LogP contribution in [0, 0.1) is 0 Å². The van der Waals surface area contributed by atoms with E-state index in [1.165, 1.54) is 0 Å². The third-order valence-corrected chi connectivity index (χ3v) is 2.65. The zero-order valence-electron chi connectivity index (χ0n) is 8.83. The number of rotatable bonds is 4. The molecule has 0 spiro atoms. The molecule has 1 saturated heterocycles. The standard InChI is InChI=1S/C12H13NO3/c14-8-4-7-13-11(9-16-12(13)15)10-5-2-1-3-6-10/h1-3,5-6,8,11H,4,7,9H2/t11-/m1/s1. The van der Waals surface area contributed by atoms with Gasteiger partial charge in [0.05, 0.1) is 6.04 Å². The van der Waals surface area contributed by atoms with E-state index in [2.05, 4.69) is 0 Å². The first-order valence-corrected chi connectivity index (χ1v) is 5.25. The van der Waals surface area contributed by atoms with Crippen molar-refractivity contribution in [1.82, 2.24) is 4.90 Å². The first kappa shape index (κ1) is 10.7. The average Bonchev–Trinajstić information content (AvgIpc) is 2.69. The van der Waals surface area contributed by atoms with Crippen molar-refractivity contribution in [1.29, 1.82) is 0 Å². The van der Waals surface area contributed by atoms with Crippen molar-refractivity contribution in [2.24, 2.45) is 0 Å². The number of hydrogen-bond acceptors (Lipinski definition) is 3. The molecule has 0 aliphatic carbocycles. The Morgan fingerprint density at radius 3 is 2.81 bits per heavy atom. The second kappa shape index (κ2) is 4.79. The number of carbonyl (C=O) groups is 2. The number of cyclic esters (lactones) is 1. The van der Waals surface area contributed by atoms with E-state index in [0.717, 1.165) is 11.8 Å². The van der Waals surface area contributed by atoms with Crippen LogP contribution in [0.2, 0.25) is 0 Å². The molecule has 0 radical (unpaired) electrons. The lowest BCUT2D eigenvalue weighted by Crippen LogP contribution is -2.28. The van der Waals surface area contributed by atoms with Gasteiger partial charge in [-0.3, -0.25) is 4.90 Å². The minimum absolute atomic E-state index is 0.0614. The number of ether oxygens (including phenoxy) is 1. The van der Waals surface area contributed by atoms with Crippen molar-refractivity contribution in [3.05, 3.63) is 35.9 Å². The number of amides is 1. The van der Waals surface area contributed by atoms with Crippen LogP contribution in [0.25, 0.3) is 0 Å². The summed E-state index contributed by atoms with van der Waals surface area (Å²) >= 11 is 0. The van der Waals surface area contributed by atoms with Crippen LogP contribution in [0.3, 0.4) is 0 Å². The van der Waals surface area contributed by atoms with E-state index in [-0.39, 0.29) is 12.1 Å². The third-order valence-electron chi connectivity index (χ3n) is 2.65. The van der Waals surface area contributed by atoms with Gasteiger partial charge in [0.2, 0.25) is 0 Å². The molecule has 0 N–H and O–H groups in total. The molecule has 84 valence electrons. The molecule has 1 amide bonds. The molecule has 1 aliphatic rings. The normalized spacial score (nSPS) is 19.6. The molecule has 1 heterocycles. The van der Waals surface area contributed by atoms with Gasteiger partial charge in [-0.2, -0.15) is 0 Å². The Balaban J connectivity index is 2.14. The topological polar surface area (TPSA) is 46.6 Å². The SMILES string of the molecule is O=CCCN1C(=O)OC[C@@H]1c1ccccc1. The highest BCUT2D eigenvalue weighted by Gasteiger charge is 2.33. The maximum Gasteiger partial charge on any atom is 0.410 e. The lowest BCUT2D eigenvalue weighted by molar-refractivity contribution is -0.108. The van der Waals surface area contributed by atoms with Gasteiger partial charge in [0.25, 0.3) is 0 Å². The summed E-state index contributed by atoms with van der Waals surface area (Å²) in [6.07, 6.45) is 0.822. The van der Waals surface area contributed by atoms with Gasteiger partial charge in [0, 0.05) is 13.0 Å². The summed E-state index contributed by atoms with van der Waals surface area (Å²) in [5, 5.41) is 0. The molecule has 1 atom stereocenters. The van der Waals surface area contributed by atoms with E-state index < -0.39 is 0 Å². The Morgan fingerprint density at radius 1 is 1.38 bits per heavy atom. The second-order valence-corrected chi connectivity index (χ2v) is 3.65. The Kier molecular flexibility index (Phi) is 3.19. The number of hydrogen-bond donors (Lipinski definition) is 0. The molecule has 0 bridgehead atoms. The summed E-state index contributed by atoms with van der Waals surface area (Å²) in [6.45, 7) is 0.781. The van der Waals surface area contributed by atoms with Crippen LogP contribution in [-0.2, 0) is 9.53 Å². The van der Waals surface area contributed by atoms with Gasteiger partial charge in [0.15, 0.2) is 0 Å². The van der Waals surface area contributed by atoms with Gasteiger partial charge in [-0.1, -0.05) is 30.3 Å². The Bertz CT molecular complexity index is 377. The zero-order chi connectivity index (χ0) is 11.4. The third kappa shape index (κ3) is 2.05. The molecule has 0 unspecified atom stereocenters. The van der Waals surface area contributed by atoms with Crippen LogP contribution in [-0.4, -0.2) is 30.4 Å². The van der Waals surface area contributed by atoms with Crippen molar-refractivity contribution in [3.8, 4) is 0 Å². The van der Waals surface area contributed by atoms with Gasteiger partial charge >= 0.3 is 6.09 Å². The number of benzene rings is 1. The number of carbonyl (C=O) groups excluding carboxylic acids is 2. The monoisotopic (exact) mass is 219 g/mol. The highest BCUT2D eigenvalue weighted by molar-refractivity contribution is 5.71. The predicted octanol–water partition coefficient (Wildman–Crippen LogP) is 1.77. The van der Waals surface area contributed by atoms with Gasteiger partial charge in [-0.25, -0.2) is 4.79 Å². The zero-order valence-corrected chi connectivity index (χ0v) is 8.83. The first-order chi connectivity index (χ1) is 7.83. The van der Waals surface area contributed by atoms with E-state index in [0.29, 0.717) is 19.6 Å². The van der Waals surface area contributed by atoms with Crippen LogP contribution in [0.5, 0.6) is 0 Å². The van der Waals surface area contributed by atoms with Crippen LogP contribution < -0.4 is 0 Å². The fourth-order valence-electron chi connectivity index (χ4n) is 1.84. The lowest BCUT2D eigenvalue weighted by Gasteiger charge is -2.20. The van der Waals surface area contributed by atoms with Gasteiger partial charge in [-0.15, -0.1) is 0 Å². The van der Waals surface area contributed by atoms with Crippen LogP contribution >= 0.6 is 0 Å². The van der Waals surface area contributed by atoms with Gasteiger partial charge < -0.3 is 9.53 Å². The average molecular weight is 219 g/mol. The maximum atomic E-state index is 11.5. The first-order valence-electron chi connectivity index (χ1n) is 5.25. The van der Waals surface area contributed by atoms with Crippen LogP contribution in [0.4, 0.5) is 4.79 Å². The van der Waals surface area contributed by atoms with Crippen LogP contribution in [0.15, 0.2) is 30.3 Å². The van der Waals surface area contributed by atoms with E-state index in [1.54, 1.807) is 4.90 Å². The molecule has 16 heavy (non-hydrogen) atoms. The molecule has 4 nitrogen and oxygen atoms in total. The summed E-state index contributed by atoms with van der Waals surface area (Å²) in [5.74, 6) is 0. The van der Waals surface area contributed by atoms with Crippen molar-refractivity contribution in [2.45, 2.75) is 12.5 Å². The summed E-state index contributed by atoms with van der Waals surface area (Å²) in [6, 6.07) is 9.64. The molecule has 0 saturated carbocycles. The number of nitrogens with zero attached hydrogens (tertiary/aromatic N) is 1. The van der Waals surface area contributed by atoms with E-state index in [1.807, 2.05) is 30.3 Å². The van der Waals surface area contributed by atoms with E-state index in [4.69, 9.17) is 4.74 Å². The maximum absolute atomic E-state index is 11.5. The minimum atomic E-state index is -0.337. The lowest BCUT2D eigenvalue weighted by atomic mass is 10.1. The molecule has 2 rings (SSSR count). The highest BCUT2D eigenvalue weighted by atomic mass is 16.6. The Morgan fingerprint density at radius 2 is 2.12 bits per heavy atom. The predicted molar refractivity (Wildman–Crippen MR) is 57.9 cm³/mol. The fraction of sp³-hybridized carbons (Fsp3) is 0.333. The van der Waals surface area contributed by atoms with Crippen molar-refractivity contribution >= 4 is 12.4 Å². The molecule has 1 aromatic carbocycles. The summed E-state index contributed by atoms with van der Waals surface area (Å²) < 4.78 is 5.00. The Labute approximate surface area is 93.8 Å². The summed E-state index contributed by atoms with van der Waals surface area (Å²) in [7, 11) is 0. The Hall–Kier alpha value is -1.84. The molecule has 0 aromatic heterocycles. The van der Waals surface area contributed by atoms with Crippen molar-refractivity contribution < 1.29 is 14.3 Å². The molecular weight excluding hydrogens is 206 g/mol. The summed E-state index contributed by atoms with van der Waals surface area (Å²) in [5.41, 5.74) is 1.04. The smallest absolute Gasteiger partial charge is 0.410 e. The molecule has 4 heteroatoms. The fourth-order valence-corrected chi connectivity index (χ4v) is 1.84. The molecule has 1 aromatic rings. The molecule has 1 aliphatic heterocycles. The van der Waals surface area contributed by atoms with Crippen LogP contribution in [0.1, 0.15) is 18.0 Å². The van der Waals surface area contributed by atoms with E-state index in [9.17, 15) is 9.59 Å². The van der Waals surface area contributed by atoms with Crippen molar-refractivity contribution in [2.75, 3.05) is 13.2 Å². The largest absolute Gasteiger partial charge is 0.447 e. The van der Waals surface area contributed by atoms with Crippen molar-refractivity contribution in [3.63, 3.8) is 0 Å². The highest BCUT2D eigenvalue weighted by Crippen LogP contribution is 2.27. The summed E-state index contributed by atoms with van der Waals surface area (Å²) in [4.78, 5) is 23.4. The number of aldehydes is 1. The van der Waals surface area contributed by atoms with Gasteiger partial charge in [0.1, 0.15) is 12.9 Å². The quantitative estimate of drug-likeness (QED) is 0.725. The minimum Gasteiger partial charge on any atom is -0.447 e. The molecular formula is C12H13NO3. The van der Waals surface area contributed by atoms with Gasteiger partial charge in [-0.05, 0) is 5.56 Å². The van der Waals surface area contributed by atoms with E-state index >= 15 is 0 Å². The second-order valence-electron chi connectivity index (χ2n) is 3.65. The molecule has 1 fully saturated rings.